The van der Waals surface area contributed by atoms with Crippen LogP contribution in [-0.2, 0) is 24.2 Å². The van der Waals surface area contributed by atoms with Gasteiger partial charge in [-0.25, -0.2) is 4.98 Å². The molecule has 0 spiro atoms. The number of amides is 1. The van der Waals surface area contributed by atoms with Gasteiger partial charge in [0.15, 0.2) is 0 Å². The van der Waals surface area contributed by atoms with Gasteiger partial charge in [-0.3, -0.25) is 4.79 Å². The minimum atomic E-state index is -0.0257. The van der Waals surface area contributed by atoms with Crippen LogP contribution in [0.2, 0.25) is 5.02 Å². The number of aryl methyl sites for hydroxylation is 1. The van der Waals surface area contributed by atoms with Crippen LogP contribution in [0.15, 0.2) is 48.5 Å². The van der Waals surface area contributed by atoms with Crippen LogP contribution in [0.1, 0.15) is 18.3 Å². The van der Waals surface area contributed by atoms with Crippen molar-refractivity contribution >= 4 is 28.5 Å². The molecule has 5 heteroatoms. The SMILES string of the molecule is CCn1c(CCNC(=O)Cc2ccccc2Cl)nc2ccccc21. The average molecular weight is 342 g/mol. The zero-order valence-electron chi connectivity index (χ0n) is 13.6. The van der Waals surface area contributed by atoms with Gasteiger partial charge in [-0.05, 0) is 30.7 Å². The van der Waals surface area contributed by atoms with Gasteiger partial charge in [0.25, 0.3) is 0 Å². The number of halogens is 1. The second kappa shape index (κ2) is 7.49. The largest absolute Gasteiger partial charge is 0.355 e. The molecule has 3 aromatic rings. The minimum Gasteiger partial charge on any atom is -0.355 e. The van der Waals surface area contributed by atoms with Crippen LogP contribution in [0, 0.1) is 0 Å². The summed E-state index contributed by atoms with van der Waals surface area (Å²) in [6.07, 6.45) is 1.00. The van der Waals surface area contributed by atoms with Gasteiger partial charge in [-0.15, -0.1) is 0 Å². The first-order valence-electron chi connectivity index (χ1n) is 8.13. The number of hydrogen-bond donors (Lipinski definition) is 1. The summed E-state index contributed by atoms with van der Waals surface area (Å²) in [5.41, 5.74) is 2.98. The molecule has 0 bridgehead atoms. The van der Waals surface area contributed by atoms with E-state index in [1.54, 1.807) is 6.07 Å². The lowest BCUT2D eigenvalue weighted by molar-refractivity contribution is -0.120. The molecule has 1 heterocycles. The fourth-order valence-corrected chi connectivity index (χ4v) is 3.06. The fourth-order valence-electron chi connectivity index (χ4n) is 2.86. The highest BCUT2D eigenvalue weighted by molar-refractivity contribution is 6.31. The predicted molar refractivity (Wildman–Crippen MR) is 97.3 cm³/mol. The molecule has 0 aliphatic carbocycles. The van der Waals surface area contributed by atoms with Crippen LogP contribution in [0.4, 0.5) is 0 Å². The zero-order chi connectivity index (χ0) is 16.9. The number of aromatic nitrogens is 2. The van der Waals surface area contributed by atoms with Crippen molar-refractivity contribution in [3.05, 3.63) is 64.9 Å². The summed E-state index contributed by atoms with van der Waals surface area (Å²) in [7, 11) is 0. The fraction of sp³-hybridized carbons (Fsp3) is 0.263. The Hall–Kier alpha value is -2.33. The van der Waals surface area contributed by atoms with Crippen molar-refractivity contribution in [3.8, 4) is 0 Å². The Labute approximate surface area is 146 Å². The number of benzene rings is 2. The third kappa shape index (κ3) is 3.60. The van der Waals surface area contributed by atoms with Crippen molar-refractivity contribution in [2.75, 3.05) is 6.54 Å². The van der Waals surface area contributed by atoms with Crippen molar-refractivity contribution < 1.29 is 4.79 Å². The molecule has 24 heavy (non-hydrogen) atoms. The molecule has 0 radical (unpaired) electrons. The normalized spacial score (nSPS) is 10.9. The van der Waals surface area contributed by atoms with Gasteiger partial charge >= 0.3 is 0 Å². The molecular formula is C19H20ClN3O. The number of nitrogens with one attached hydrogen (secondary N) is 1. The number of hydrogen-bond acceptors (Lipinski definition) is 2. The van der Waals surface area contributed by atoms with Crippen LogP contribution in [0.3, 0.4) is 0 Å². The minimum absolute atomic E-state index is 0.0257. The molecule has 0 atom stereocenters. The van der Waals surface area contributed by atoms with E-state index < -0.39 is 0 Å². The number of carbonyl (C=O) groups excluding carboxylic acids is 1. The van der Waals surface area contributed by atoms with Gasteiger partial charge in [0.2, 0.25) is 5.91 Å². The van der Waals surface area contributed by atoms with E-state index in [0.717, 1.165) is 29.0 Å². The van der Waals surface area contributed by atoms with Gasteiger partial charge in [0.1, 0.15) is 5.82 Å². The molecule has 124 valence electrons. The lowest BCUT2D eigenvalue weighted by atomic mass is 10.1. The summed E-state index contributed by atoms with van der Waals surface area (Å²) in [5.74, 6) is 0.971. The molecule has 0 unspecified atom stereocenters. The summed E-state index contributed by atoms with van der Waals surface area (Å²) in [6, 6.07) is 15.5. The quantitative estimate of drug-likeness (QED) is 0.744. The van der Waals surface area contributed by atoms with Crippen LogP contribution in [-0.4, -0.2) is 22.0 Å². The lowest BCUT2D eigenvalue weighted by Gasteiger charge is -2.08. The molecule has 1 N–H and O–H groups in total. The monoisotopic (exact) mass is 341 g/mol. The van der Waals surface area contributed by atoms with E-state index in [1.807, 2.05) is 36.4 Å². The summed E-state index contributed by atoms with van der Waals surface area (Å²) in [5, 5.41) is 3.58. The van der Waals surface area contributed by atoms with E-state index in [4.69, 9.17) is 11.6 Å². The standard InChI is InChI=1S/C19H20ClN3O/c1-2-23-17-10-6-5-9-16(17)22-18(23)11-12-21-19(24)13-14-7-3-4-8-15(14)20/h3-10H,2,11-13H2,1H3,(H,21,24). The smallest absolute Gasteiger partial charge is 0.224 e. The number of rotatable bonds is 6. The average Bonchev–Trinajstić information content (AvgIpc) is 2.94. The first-order valence-corrected chi connectivity index (χ1v) is 8.51. The third-order valence-electron chi connectivity index (χ3n) is 4.03. The third-order valence-corrected chi connectivity index (χ3v) is 4.40. The Morgan fingerprint density at radius 1 is 1.17 bits per heavy atom. The maximum absolute atomic E-state index is 12.1. The van der Waals surface area contributed by atoms with Gasteiger partial charge in [0.05, 0.1) is 17.5 Å². The number of fused-ring (bicyclic) bond motifs is 1. The van der Waals surface area contributed by atoms with Gasteiger partial charge < -0.3 is 9.88 Å². The van der Waals surface area contributed by atoms with Crippen molar-refractivity contribution in [1.82, 2.24) is 14.9 Å². The van der Waals surface area contributed by atoms with E-state index >= 15 is 0 Å². The van der Waals surface area contributed by atoms with Crippen LogP contribution < -0.4 is 5.32 Å². The number of carbonyl (C=O) groups is 1. The molecular weight excluding hydrogens is 322 g/mol. The Balaban J connectivity index is 1.60. The maximum atomic E-state index is 12.1. The van der Waals surface area contributed by atoms with Gasteiger partial charge in [0, 0.05) is 24.5 Å². The molecule has 0 saturated carbocycles. The summed E-state index contributed by atoms with van der Waals surface area (Å²) in [6.45, 7) is 3.53. The molecule has 1 amide bonds. The van der Waals surface area contributed by atoms with Crippen LogP contribution >= 0.6 is 11.6 Å². The predicted octanol–water partition coefficient (Wildman–Crippen LogP) is 3.61. The first kappa shape index (κ1) is 16.5. The van der Waals surface area contributed by atoms with E-state index in [1.165, 1.54) is 0 Å². The number of imidazole rings is 1. The highest BCUT2D eigenvalue weighted by atomic mass is 35.5. The Morgan fingerprint density at radius 3 is 2.71 bits per heavy atom. The Morgan fingerprint density at radius 2 is 1.92 bits per heavy atom. The lowest BCUT2D eigenvalue weighted by Crippen LogP contribution is -2.28. The van der Waals surface area contributed by atoms with Crippen molar-refractivity contribution in [1.29, 1.82) is 0 Å². The topological polar surface area (TPSA) is 46.9 Å². The second-order valence-corrected chi connectivity index (χ2v) is 6.04. The van der Waals surface area contributed by atoms with Crippen molar-refractivity contribution in [2.45, 2.75) is 26.3 Å². The van der Waals surface area contributed by atoms with Gasteiger partial charge in [-0.1, -0.05) is 41.9 Å². The van der Waals surface area contributed by atoms with E-state index in [-0.39, 0.29) is 5.91 Å². The van der Waals surface area contributed by atoms with Crippen molar-refractivity contribution in [2.24, 2.45) is 0 Å². The molecule has 0 saturated heterocycles. The maximum Gasteiger partial charge on any atom is 0.224 e. The number of nitrogens with zero attached hydrogens (tertiary/aromatic N) is 2. The Bertz CT molecular complexity index is 857. The highest BCUT2D eigenvalue weighted by Gasteiger charge is 2.10. The number of para-hydroxylation sites is 2. The molecule has 2 aromatic carbocycles. The van der Waals surface area contributed by atoms with Crippen LogP contribution in [0.5, 0.6) is 0 Å². The second-order valence-electron chi connectivity index (χ2n) is 5.63. The van der Waals surface area contributed by atoms with E-state index in [2.05, 4.69) is 27.9 Å². The van der Waals surface area contributed by atoms with Gasteiger partial charge in [-0.2, -0.15) is 0 Å². The molecule has 0 aliphatic rings. The zero-order valence-corrected chi connectivity index (χ0v) is 14.4. The Kier molecular flexibility index (Phi) is 5.16. The highest BCUT2D eigenvalue weighted by Crippen LogP contribution is 2.17. The first-order chi connectivity index (χ1) is 11.7. The van der Waals surface area contributed by atoms with E-state index in [0.29, 0.717) is 24.4 Å². The van der Waals surface area contributed by atoms with Crippen LogP contribution in [0.25, 0.3) is 11.0 Å². The van der Waals surface area contributed by atoms with Crippen molar-refractivity contribution in [3.63, 3.8) is 0 Å². The van der Waals surface area contributed by atoms with E-state index in [9.17, 15) is 4.79 Å². The summed E-state index contributed by atoms with van der Waals surface area (Å²) in [4.78, 5) is 16.8. The summed E-state index contributed by atoms with van der Waals surface area (Å²) >= 11 is 6.09. The molecule has 0 aliphatic heterocycles. The summed E-state index contributed by atoms with van der Waals surface area (Å²) < 4.78 is 2.19. The molecule has 4 nitrogen and oxygen atoms in total. The molecule has 3 rings (SSSR count). The molecule has 1 aromatic heterocycles. The molecule has 0 fully saturated rings.